The number of aromatic amines is 1. The lowest BCUT2D eigenvalue weighted by Crippen LogP contribution is -2.18. The molecule has 0 spiro atoms. The van der Waals surface area contributed by atoms with Crippen molar-refractivity contribution in [3.8, 4) is 17.1 Å². The van der Waals surface area contributed by atoms with Crippen LogP contribution in [-0.2, 0) is 0 Å². The van der Waals surface area contributed by atoms with E-state index >= 15 is 0 Å². The molecule has 0 bridgehead atoms. The Hall–Kier alpha value is -2.38. The topological polar surface area (TPSA) is 67.9 Å². The van der Waals surface area contributed by atoms with Crippen LogP contribution < -0.4 is 10.3 Å². The smallest absolute Gasteiger partial charge is 0.405 e. The number of aromatic nitrogens is 3. The van der Waals surface area contributed by atoms with E-state index in [1.165, 1.54) is 18.2 Å². The fourth-order valence-corrected chi connectivity index (χ4v) is 1.28. The van der Waals surface area contributed by atoms with Gasteiger partial charge >= 0.3 is 6.36 Å². The zero-order valence-electron chi connectivity index (χ0n) is 8.73. The number of benzene rings is 1. The van der Waals surface area contributed by atoms with Gasteiger partial charge in [0.25, 0.3) is 5.56 Å². The SMILES string of the molecule is O=c1cnc(-c2ccccc2OC(F)(F)F)n[nH]1. The standard InChI is InChI=1S/C10H6F3N3O2/c11-10(12,13)18-7-4-2-1-3-6(7)9-14-5-8(17)15-16-9/h1-5H,(H,15,17). The minimum atomic E-state index is -4.81. The first-order valence-corrected chi connectivity index (χ1v) is 4.72. The van der Waals surface area contributed by atoms with E-state index < -0.39 is 17.7 Å². The second-order valence-electron chi connectivity index (χ2n) is 3.21. The maximum atomic E-state index is 12.2. The quantitative estimate of drug-likeness (QED) is 0.889. The molecule has 0 aliphatic carbocycles. The van der Waals surface area contributed by atoms with E-state index in [-0.39, 0.29) is 11.4 Å². The number of nitrogens with zero attached hydrogens (tertiary/aromatic N) is 2. The summed E-state index contributed by atoms with van der Waals surface area (Å²) in [5, 5.41) is 5.63. The molecule has 18 heavy (non-hydrogen) atoms. The van der Waals surface area contributed by atoms with E-state index in [1.807, 2.05) is 0 Å². The van der Waals surface area contributed by atoms with Crippen LogP contribution in [0.15, 0.2) is 35.3 Å². The van der Waals surface area contributed by atoms with Crippen molar-refractivity contribution in [3.05, 3.63) is 40.8 Å². The Balaban J connectivity index is 2.44. The molecular weight excluding hydrogens is 251 g/mol. The van der Waals surface area contributed by atoms with Gasteiger partial charge in [-0.05, 0) is 12.1 Å². The number of nitrogens with one attached hydrogen (secondary N) is 1. The van der Waals surface area contributed by atoms with Crippen LogP contribution in [0.1, 0.15) is 0 Å². The first kappa shape index (κ1) is 12.1. The van der Waals surface area contributed by atoms with E-state index in [4.69, 9.17) is 0 Å². The van der Waals surface area contributed by atoms with Crippen LogP contribution in [-0.4, -0.2) is 21.5 Å². The second-order valence-corrected chi connectivity index (χ2v) is 3.21. The summed E-state index contributed by atoms with van der Waals surface area (Å²) in [4.78, 5) is 14.4. The maximum absolute atomic E-state index is 12.2. The summed E-state index contributed by atoms with van der Waals surface area (Å²) < 4.78 is 40.4. The largest absolute Gasteiger partial charge is 0.573 e. The van der Waals surface area contributed by atoms with Gasteiger partial charge in [-0.3, -0.25) is 4.79 Å². The summed E-state index contributed by atoms with van der Waals surface area (Å²) in [7, 11) is 0. The molecule has 2 rings (SSSR count). The van der Waals surface area contributed by atoms with Gasteiger partial charge in [-0.2, -0.15) is 5.10 Å². The van der Waals surface area contributed by atoms with E-state index in [1.54, 1.807) is 0 Å². The molecule has 2 aromatic rings. The Morgan fingerprint density at radius 2 is 1.94 bits per heavy atom. The van der Waals surface area contributed by atoms with Crippen LogP contribution >= 0.6 is 0 Å². The third kappa shape index (κ3) is 2.84. The Morgan fingerprint density at radius 1 is 1.22 bits per heavy atom. The molecule has 94 valence electrons. The van der Waals surface area contributed by atoms with Gasteiger partial charge in [-0.15, -0.1) is 13.2 Å². The van der Waals surface area contributed by atoms with Gasteiger partial charge in [0, 0.05) is 0 Å². The summed E-state index contributed by atoms with van der Waals surface area (Å²) in [6, 6.07) is 5.38. The molecule has 0 unspecified atom stereocenters. The van der Waals surface area contributed by atoms with Crippen molar-refractivity contribution in [1.29, 1.82) is 0 Å². The molecule has 0 saturated heterocycles. The number of para-hydroxylation sites is 1. The lowest BCUT2D eigenvalue weighted by Gasteiger charge is -2.11. The van der Waals surface area contributed by atoms with Gasteiger partial charge in [0.1, 0.15) is 5.75 Å². The second kappa shape index (κ2) is 4.47. The molecule has 0 saturated carbocycles. The van der Waals surface area contributed by atoms with E-state index in [0.717, 1.165) is 12.3 Å². The third-order valence-corrected chi connectivity index (χ3v) is 1.93. The van der Waals surface area contributed by atoms with Crippen LogP contribution in [0.4, 0.5) is 13.2 Å². The Morgan fingerprint density at radius 3 is 2.56 bits per heavy atom. The average Bonchev–Trinajstić information content (AvgIpc) is 2.29. The maximum Gasteiger partial charge on any atom is 0.573 e. The highest BCUT2D eigenvalue weighted by Crippen LogP contribution is 2.31. The van der Waals surface area contributed by atoms with Crippen molar-refractivity contribution in [2.24, 2.45) is 0 Å². The molecule has 0 fully saturated rings. The number of halogens is 3. The first-order chi connectivity index (χ1) is 8.46. The molecule has 5 nitrogen and oxygen atoms in total. The van der Waals surface area contributed by atoms with Gasteiger partial charge in [-0.1, -0.05) is 12.1 Å². The summed E-state index contributed by atoms with van der Waals surface area (Å²) in [5.74, 6) is -0.494. The molecule has 0 aliphatic heterocycles. The number of H-pyrrole nitrogens is 1. The zero-order valence-corrected chi connectivity index (χ0v) is 8.73. The molecular formula is C10H6F3N3O2. The number of hydrogen-bond donors (Lipinski definition) is 1. The predicted molar refractivity (Wildman–Crippen MR) is 54.8 cm³/mol. The molecule has 1 aromatic heterocycles. The summed E-state index contributed by atoms with van der Waals surface area (Å²) in [6.07, 6.45) is -3.88. The summed E-state index contributed by atoms with van der Waals surface area (Å²) >= 11 is 0. The lowest BCUT2D eigenvalue weighted by molar-refractivity contribution is -0.274. The Labute approximate surface area is 98.3 Å². The molecule has 1 heterocycles. The first-order valence-electron chi connectivity index (χ1n) is 4.72. The van der Waals surface area contributed by atoms with Crippen LogP contribution in [0, 0.1) is 0 Å². The Bertz CT molecular complexity index is 589. The predicted octanol–water partition coefficient (Wildman–Crippen LogP) is 1.73. The molecule has 0 amide bonds. The van der Waals surface area contributed by atoms with Crippen molar-refractivity contribution in [1.82, 2.24) is 15.2 Å². The van der Waals surface area contributed by atoms with Gasteiger partial charge in [0.05, 0.1) is 11.8 Å². The van der Waals surface area contributed by atoms with Crippen molar-refractivity contribution >= 4 is 0 Å². The van der Waals surface area contributed by atoms with E-state index in [0.29, 0.717) is 0 Å². The van der Waals surface area contributed by atoms with E-state index in [2.05, 4.69) is 19.9 Å². The number of alkyl halides is 3. The minimum Gasteiger partial charge on any atom is -0.405 e. The lowest BCUT2D eigenvalue weighted by atomic mass is 10.2. The molecule has 0 atom stereocenters. The molecule has 0 aliphatic rings. The van der Waals surface area contributed by atoms with Crippen LogP contribution in [0.25, 0.3) is 11.4 Å². The van der Waals surface area contributed by atoms with Crippen molar-refractivity contribution < 1.29 is 17.9 Å². The fraction of sp³-hybridized carbons (Fsp3) is 0.100. The van der Waals surface area contributed by atoms with Crippen molar-refractivity contribution in [3.63, 3.8) is 0 Å². The minimum absolute atomic E-state index is 0.0334. The van der Waals surface area contributed by atoms with E-state index in [9.17, 15) is 18.0 Å². The number of ether oxygens (including phenoxy) is 1. The average molecular weight is 257 g/mol. The zero-order chi connectivity index (χ0) is 13.2. The van der Waals surface area contributed by atoms with Gasteiger partial charge in [-0.25, -0.2) is 10.1 Å². The van der Waals surface area contributed by atoms with Crippen LogP contribution in [0.2, 0.25) is 0 Å². The Kier molecular flexibility index (Phi) is 3.00. The molecule has 0 radical (unpaired) electrons. The third-order valence-electron chi connectivity index (χ3n) is 1.93. The monoisotopic (exact) mass is 257 g/mol. The van der Waals surface area contributed by atoms with Gasteiger partial charge in [0.2, 0.25) is 0 Å². The summed E-state index contributed by atoms with van der Waals surface area (Å²) in [5.41, 5.74) is -0.515. The highest BCUT2D eigenvalue weighted by Gasteiger charge is 2.32. The van der Waals surface area contributed by atoms with Gasteiger partial charge < -0.3 is 4.74 Å². The molecule has 1 N–H and O–H groups in total. The highest BCUT2D eigenvalue weighted by atomic mass is 19.4. The number of hydrogen-bond acceptors (Lipinski definition) is 4. The van der Waals surface area contributed by atoms with Crippen molar-refractivity contribution in [2.75, 3.05) is 0 Å². The number of rotatable bonds is 2. The van der Waals surface area contributed by atoms with Crippen LogP contribution in [0.3, 0.4) is 0 Å². The highest BCUT2D eigenvalue weighted by molar-refractivity contribution is 5.63. The van der Waals surface area contributed by atoms with Crippen molar-refractivity contribution in [2.45, 2.75) is 6.36 Å². The summed E-state index contributed by atoms with van der Waals surface area (Å²) in [6.45, 7) is 0. The normalized spacial score (nSPS) is 11.3. The van der Waals surface area contributed by atoms with Crippen LogP contribution in [0.5, 0.6) is 5.75 Å². The molecule has 1 aromatic carbocycles. The molecule has 8 heteroatoms. The fourth-order valence-electron chi connectivity index (χ4n) is 1.28. The van der Waals surface area contributed by atoms with Gasteiger partial charge in [0.15, 0.2) is 5.82 Å².